The molecule has 0 amide bonds. The van der Waals surface area contributed by atoms with Crippen LogP contribution in [0.15, 0.2) is 24.3 Å². The Kier molecular flexibility index (Phi) is 3.28. The van der Waals surface area contributed by atoms with Crippen LogP contribution in [0.4, 0.5) is 0 Å². The molecule has 2 rings (SSSR count). The predicted octanol–water partition coefficient (Wildman–Crippen LogP) is 2.36. The third-order valence-electron chi connectivity index (χ3n) is 3.26. The molecule has 104 valence electrons. The van der Waals surface area contributed by atoms with E-state index in [-0.39, 0.29) is 45.3 Å². The van der Waals surface area contributed by atoms with Crippen LogP contribution in [0.25, 0.3) is 0 Å². The topological polar surface area (TPSA) is 98.0 Å². The van der Waals surface area contributed by atoms with E-state index in [1.54, 1.807) is 0 Å². The molecule has 0 aromatic heterocycles. The third kappa shape index (κ3) is 2.14. The minimum Gasteiger partial charge on any atom is -0.508 e. The van der Waals surface area contributed by atoms with Crippen LogP contribution in [0.3, 0.4) is 0 Å². The lowest BCUT2D eigenvalue weighted by Gasteiger charge is -2.10. The van der Waals surface area contributed by atoms with E-state index in [9.17, 15) is 25.2 Å². The highest BCUT2D eigenvalue weighted by atomic mass is 16.3. The number of phenols is 4. The molecule has 0 aliphatic rings. The standard InChI is InChI=1S/C15H14O5/c1-7-12(17)5-9(6-13(7)18)15(20)10-3-4-11(16)8(2)14(10)19/h3-6,16-19H,1-2H3. The number of carbonyl (C=O) groups excluding carboxylic acids is 1. The normalized spacial score (nSPS) is 10.5. The zero-order chi connectivity index (χ0) is 15.0. The summed E-state index contributed by atoms with van der Waals surface area (Å²) in [7, 11) is 0. The first-order valence-electron chi connectivity index (χ1n) is 5.91. The monoisotopic (exact) mass is 274 g/mol. The summed E-state index contributed by atoms with van der Waals surface area (Å²) in [5, 5.41) is 38.6. The van der Waals surface area contributed by atoms with Gasteiger partial charge in [0, 0.05) is 16.7 Å². The van der Waals surface area contributed by atoms with E-state index in [0.29, 0.717) is 0 Å². The van der Waals surface area contributed by atoms with Crippen LogP contribution in [0, 0.1) is 13.8 Å². The summed E-state index contributed by atoms with van der Waals surface area (Å²) >= 11 is 0. The number of phenolic OH excluding ortho intramolecular Hbond substituents is 4. The van der Waals surface area contributed by atoms with Crippen LogP contribution in [0.2, 0.25) is 0 Å². The van der Waals surface area contributed by atoms with Gasteiger partial charge in [0.15, 0.2) is 5.78 Å². The molecule has 0 atom stereocenters. The van der Waals surface area contributed by atoms with E-state index >= 15 is 0 Å². The van der Waals surface area contributed by atoms with Gasteiger partial charge in [0.1, 0.15) is 23.0 Å². The van der Waals surface area contributed by atoms with E-state index < -0.39 is 5.78 Å². The zero-order valence-electron chi connectivity index (χ0n) is 11.0. The fraction of sp³-hybridized carbons (Fsp3) is 0.133. The summed E-state index contributed by atoms with van der Waals surface area (Å²) in [5.41, 5.74) is 0.498. The molecule has 2 aromatic rings. The van der Waals surface area contributed by atoms with Crippen LogP contribution >= 0.6 is 0 Å². The highest BCUT2D eigenvalue weighted by Gasteiger charge is 2.19. The molecule has 0 heterocycles. The molecule has 0 radical (unpaired) electrons. The van der Waals surface area contributed by atoms with Crippen molar-refractivity contribution in [2.75, 3.05) is 0 Å². The summed E-state index contributed by atoms with van der Waals surface area (Å²) < 4.78 is 0. The number of aromatic hydroxyl groups is 4. The van der Waals surface area contributed by atoms with Gasteiger partial charge in [-0.25, -0.2) is 0 Å². The molecule has 2 aromatic carbocycles. The molecule has 20 heavy (non-hydrogen) atoms. The van der Waals surface area contributed by atoms with Gasteiger partial charge in [0.25, 0.3) is 0 Å². The molecule has 0 bridgehead atoms. The van der Waals surface area contributed by atoms with Gasteiger partial charge in [-0.15, -0.1) is 0 Å². The van der Waals surface area contributed by atoms with E-state index in [1.807, 2.05) is 0 Å². The Labute approximate surface area is 115 Å². The number of ketones is 1. The lowest BCUT2D eigenvalue weighted by atomic mass is 9.98. The van der Waals surface area contributed by atoms with Gasteiger partial charge in [-0.1, -0.05) is 0 Å². The molecule has 0 saturated heterocycles. The molecule has 0 unspecified atom stereocenters. The van der Waals surface area contributed by atoms with Crippen molar-refractivity contribution in [1.29, 1.82) is 0 Å². The lowest BCUT2D eigenvalue weighted by molar-refractivity contribution is 0.103. The lowest BCUT2D eigenvalue weighted by Crippen LogP contribution is -2.03. The summed E-state index contributed by atoms with van der Waals surface area (Å²) in [6, 6.07) is 5.03. The minimum atomic E-state index is -0.559. The first kappa shape index (κ1) is 13.7. The first-order chi connectivity index (χ1) is 9.32. The zero-order valence-corrected chi connectivity index (χ0v) is 11.0. The molecule has 0 aliphatic heterocycles. The summed E-state index contributed by atoms with van der Waals surface area (Å²) in [5.74, 6) is -1.41. The molecular weight excluding hydrogens is 260 g/mol. The van der Waals surface area contributed by atoms with Crippen LogP contribution < -0.4 is 0 Å². The molecule has 0 spiro atoms. The Morgan fingerprint density at radius 3 is 1.95 bits per heavy atom. The van der Waals surface area contributed by atoms with Crippen molar-refractivity contribution >= 4 is 5.78 Å². The smallest absolute Gasteiger partial charge is 0.197 e. The van der Waals surface area contributed by atoms with E-state index in [1.165, 1.54) is 38.1 Å². The Morgan fingerprint density at radius 1 is 0.850 bits per heavy atom. The quantitative estimate of drug-likeness (QED) is 0.630. The number of carbonyl (C=O) groups is 1. The third-order valence-corrected chi connectivity index (χ3v) is 3.26. The number of hydrogen-bond donors (Lipinski definition) is 4. The van der Waals surface area contributed by atoms with Crippen LogP contribution in [0.1, 0.15) is 27.0 Å². The highest BCUT2D eigenvalue weighted by molar-refractivity contribution is 6.11. The van der Waals surface area contributed by atoms with Gasteiger partial charge in [0.2, 0.25) is 0 Å². The molecule has 0 fully saturated rings. The van der Waals surface area contributed by atoms with E-state index in [0.717, 1.165) is 0 Å². The van der Waals surface area contributed by atoms with Crippen molar-refractivity contribution in [2.24, 2.45) is 0 Å². The maximum absolute atomic E-state index is 12.3. The van der Waals surface area contributed by atoms with Crippen LogP contribution in [-0.2, 0) is 0 Å². The SMILES string of the molecule is Cc1c(O)cc(C(=O)c2ccc(O)c(C)c2O)cc1O. The maximum Gasteiger partial charge on any atom is 0.197 e. The van der Waals surface area contributed by atoms with Gasteiger partial charge in [0.05, 0.1) is 5.56 Å². The molecule has 5 nitrogen and oxygen atoms in total. The number of rotatable bonds is 2. The average molecular weight is 274 g/mol. The van der Waals surface area contributed by atoms with Crippen molar-refractivity contribution in [3.63, 3.8) is 0 Å². The van der Waals surface area contributed by atoms with Crippen molar-refractivity contribution in [3.8, 4) is 23.0 Å². The maximum atomic E-state index is 12.3. The largest absolute Gasteiger partial charge is 0.508 e. The fourth-order valence-corrected chi connectivity index (χ4v) is 1.84. The Balaban J connectivity index is 2.55. The van der Waals surface area contributed by atoms with Gasteiger partial charge >= 0.3 is 0 Å². The van der Waals surface area contributed by atoms with Gasteiger partial charge in [-0.3, -0.25) is 4.79 Å². The Bertz CT molecular complexity index is 681. The van der Waals surface area contributed by atoms with Crippen molar-refractivity contribution in [1.82, 2.24) is 0 Å². The second-order valence-corrected chi connectivity index (χ2v) is 4.57. The van der Waals surface area contributed by atoms with Crippen molar-refractivity contribution in [2.45, 2.75) is 13.8 Å². The highest BCUT2D eigenvalue weighted by Crippen LogP contribution is 2.33. The summed E-state index contributed by atoms with van der Waals surface area (Å²) in [6.07, 6.45) is 0. The van der Waals surface area contributed by atoms with Crippen LogP contribution in [-0.4, -0.2) is 26.2 Å². The molecule has 0 aliphatic carbocycles. The van der Waals surface area contributed by atoms with Crippen molar-refractivity contribution < 1.29 is 25.2 Å². The van der Waals surface area contributed by atoms with Gasteiger partial charge < -0.3 is 20.4 Å². The summed E-state index contributed by atoms with van der Waals surface area (Å²) in [4.78, 5) is 12.3. The number of hydrogen-bond acceptors (Lipinski definition) is 5. The predicted molar refractivity (Wildman–Crippen MR) is 72.4 cm³/mol. The second kappa shape index (κ2) is 4.77. The van der Waals surface area contributed by atoms with Gasteiger partial charge in [-0.2, -0.15) is 0 Å². The Morgan fingerprint density at radius 2 is 1.40 bits per heavy atom. The molecule has 4 N–H and O–H groups in total. The summed E-state index contributed by atoms with van der Waals surface area (Å²) in [6.45, 7) is 2.99. The minimum absolute atomic E-state index is 0.0112. The van der Waals surface area contributed by atoms with Gasteiger partial charge in [-0.05, 0) is 38.1 Å². The Hall–Kier alpha value is -2.69. The molecular formula is C15H14O5. The average Bonchev–Trinajstić information content (AvgIpc) is 2.41. The fourth-order valence-electron chi connectivity index (χ4n) is 1.84. The molecule has 0 saturated carbocycles. The van der Waals surface area contributed by atoms with Crippen molar-refractivity contribution in [3.05, 3.63) is 46.5 Å². The van der Waals surface area contributed by atoms with E-state index in [4.69, 9.17) is 0 Å². The first-order valence-corrected chi connectivity index (χ1v) is 5.91. The molecule has 5 heteroatoms. The second-order valence-electron chi connectivity index (χ2n) is 4.57. The van der Waals surface area contributed by atoms with Crippen LogP contribution in [0.5, 0.6) is 23.0 Å². The number of benzene rings is 2. The van der Waals surface area contributed by atoms with E-state index in [2.05, 4.69) is 0 Å².